The standard InChI is InChI=1S/C12H15N3O2/c13-11(15-17)7-12(16)14-10-6-9(10)8-4-2-1-3-5-8/h1-5,9-10,17H,6-7H2,(H2,13,15)(H,14,16). The number of benzene rings is 1. The van der Waals surface area contributed by atoms with Crippen molar-refractivity contribution in [1.29, 1.82) is 0 Å². The summed E-state index contributed by atoms with van der Waals surface area (Å²) in [5, 5.41) is 14.0. The predicted molar refractivity (Wildman–Crippen MR) is 63.8 cm³/mol. The summed E-state index contributed by atoms with van der Waals surface area (Å²) < 4.78 is 0. The van der Waals surface area contributed by atoms with Crippen LogP contribution in [0.3, 0.4) is 0 Å². The Morgan fingerprint density at radius 1 is 1.47 bits per heavy atom. The molecule has 0 bridgehead atoms. The number of nitrogens with one attached hydrogen (secondary N) is 1. The molecule has 90 valence electrons. The van der Waals surface area contributed by atoms with Crippen LogP contribution in [0.15, 0.2) is 35.5 Å². The monoisotopic (exact) mass is 233 g/mol. The van der Waals surface area contributed by atoms with Gasteiger partial charge in [0.1, 0.15) is 5.84 Å². The largest absolute Gasteiger partial charge is 0.409 e. The van der Waals surface area contributed by atoms with Gasteiger partial charge in [0.15, 0.2) is 0 Å². The maximum Gasteiger partial charge on any atom is 0.227 e. The number of amidine groups is 1. The van der Waals surface area contributed by atoms with Crippen molar-refractivity contribution < 1.29 is 10.0 Å². The Hall–Kier alpha value is -2.04. The molecule has 0 spiro atoms. The van der Waals surface area contributed by atoms with Gasteiger partial charge in [-0.05, 0) is 12.0 Å². The van der Waals surface area contributed by atoms with Gasteiger partial charge in [0.05, 0.1) is 6.42 Å². The SMILES string of the molecule is NC(CC(=O)NC1CC1c1ccccc1)=NO. The van der Waals surface area contributed by atoms with E-state index in [0.717, 1.165) is 6.42 Å². The van der Waals surface area contributed by atoms with Crippen molar-refractivity contribution in [2.24, 2.45) is 10.9 Å². The van der Waals surface area contributed by atoms with Gasteiger partial charge in [0, 0.05) is 12.0 Å². The van der Waals surface area contributed by atoms with Crippen LogP contribution in [0.4, 0.5) is 0 Å². The van der Waals surface area contributed by atoms with Gasteiger partial charge >= 0.3 is 0 Å². The first-order valence-corrected chi connectivity index (χ1v) is 5.51. The van der Waals surface area contributed by atoms with Crippen LogP contribution in [0.25, 0.3) is 0 Å². The molecule has 1 aromatic rings. The normalized spacial score (nSPS) is 23.2. The highest BCUT2D eigenvalue weighted by atomic mass is 16.4. The molecule has 0 aromatic heterocycles. The second-order valence-electron chi connectivity index (χ2n) is 4.20. The van der Waals surface area contributed by atoms with E-state index in [9.17, 15) is 4.79 Å². The van der Waals surface area contributed by atoms with Gasteiger partial charge in [-0.2, -0.15) is 0 Å². The van der Waals surface area contributed by atoms with Gasteiger partial charge in [0.2, 0.25) is 5.91 Å². The Bertz CT molecular complexity index is 431. The van der Waals surface area contributed by atoms with Crippen LogP contribution < -0.4 is 11.1 Å². The van der Waals surface area contributed by atoms with Crippen LogP contribution in [0, 0.1) is 0 Å². The third kappa shape index (κ3) is 2.96. The van der Waals surface area contributed by atoms with E-state index in [1.807, 2.05) is 18.2 Å². The molecular formula is C12H15N3O2. The molecule has 2 rings (SSSR count). The number of oxime groups is 1. The van der Waals surface area contributed by atoms with E-state index < -0.39 is 0 Å². The average Bonchev–Trinajstić information content (AvgIpc) is 3.09. The lowest BCUT2D eigenvalue weighted by Gasteiger charge is -2.03. The number of hydrogen-bond acceptors (Lipinski definition) is 3. The predicted octanol–water partition coefficient (Wildman–Crippen LogP) is 0.795. The quantitative estimate of drug-likeness (QED) is 0.311. The van der Waals surface area contributed by atoms with E-state index in [4.69, 9.17) is 10.9 Å². The second kappa shape index (κ2) is 4.86. The fourth-order valence-electron chi connectivity index (χ4n) is 1.88. The molecule has 5 nitrogen and oxygen atoms in total. The second-order valence-corrected chi connectivity index (χ2v) is 4.20. The lowest BCUT2D eigenvalue weighted by molar-refractivity contribution is -0.120. The van der Waals surface area contributed by atoms with E-state index in [0.29, 0.717) is 5.92 Å². The maximum atomic E-state index is 11.5. The van der Waals surface area contributed by atoms with E-state index in [2.05, 4.69) is 22.6 Å². The zero-order valence-corrected chi connectivity index (χ0v) is 9.34. The number of rotatable bonds is 4. The lowest BCUT2D eigenvalue weighted by atomic mass is 10.1. The third-order valence-electron chi connectivity index (χ3n) is 2.83. The van der Waals surface area contributed by atoms with Crippen LogP contribution in [0.5, 0.6) is 0 Å². The zero-order valence-electron chi connectivity index (χ0n) is 9.34. The number of hydrogen-bond donors (Lipinski definition) is 3. The first-order valence-electron chi connectivity index (χ1n) is 5.51. The van der Waals surface area contributed by atoms with Gasteiger partial charge in [-0.15, -0.1) is 0 Å². The average molecular weight is 233 g/mol. The van der Waals surface area contributed by atoms with Crippen LogP contribution in [0.1, 0.15) is 24.3 Å². The number of nitrogens with two attached hydrogens (primary N) is 1. The van der Waals surface area contributed by atoms with E-state index in [1.165, 1.54) is 5.56 Å². The van der Waals surface area contributed by atoms with Crippen LogP contribution in [0.2, 0.25) is 0 Å². The van der Waals surface area contributed by atoms with Crippen LogP contribution in [-0.4, -0.2) is 23.0 Å². The molecule has 0 heterocycles. The molecule has 1 aliphatic carbocycles. The molecule has 1 aromatic carbocycles. The van der Waals surface area contributed by atoms with Crippen molar-refractivity contribution in [3.8, 4) is 0 Å². The van der Waals surface area contributed by atoms with E-state index in [1.54, 1.807) is 0 Å². The third-order valence-corrected chi connectivity index (χ3v) is 2.83. The molecular weight excluding hydrogens is 218 g/mol. The summed E-state index contributed by atoms with van der Waals surface area (Å²) in [6.45, 7) is 0. The smallest absolute Gasteiger partial charge is 0.227 e. The summed E-state index contributed by atoms with van der Waals surface area (Å²) in [4.78, 5) is 11.5. The first-order chi connectivity index (χ1) is 8.20. The van der Waals surface area contributed by atoms with Gasteiger partial charge < -0.3 is 16.3 Å². The summed E-state index contributed by atoms with van der Waals surface area (Å²) in [5.74, 6) is 0.121. The summed E-state index contributed by atoms with van der Waals surface area (Å²) in [5.41, 5.74) is 6.49. The number of nitrogens with zero attached hydrogens (tertiary/aromatic N) is 1. The zero-order chi connectivity index (χ0) is 12.3. The summed E-state index contributed by atoms with van der Waals surface area (Å²) in [6.07, 6.45) is 0.889. The molecule has 1 saturated carbocycles. The molecule has 17 heavy (non-hydrogen) atoms. The minimum Gasteiger partial charge on any atom is -0.409 e. The molecule has 5 heteroatoms. The van der Waals surface area contributed by atoms with Crippen molar-refractivity contribution in [3.63, 3.8) is 0 Å². The Labute approximate surface area is 99.3 Å². The molecule has 1 aliphatic rings. The molecule has 0 radical (unpaired) electrons. The Balaban J connectivity index is 1.82. The minimum absolute atomic E-state index is 0.0610. The molecule has 0 saturated heterocycles. The number of carbonyl (C=O) groups is 1. The molecule has 1 fully saturated rings. The molecule has 4 N–H and O–H groups in total. The lowest BCUT2D eigenvalue weighted by Crippen LogP contribution is -2.30. The maximum absolute atomic E-state index is 11.5. The fourth-order valence-corrected chi connectivity index (χ4v) is 1.88. The first kappa shape index (κ1) is 11.4. The van der Waals surface area contributed by atoms with Crippen molar-refractivity contribution in [1.82, 2.24) is 5.32 Å². The van der Waals surface area contributed by atoms with Crippen molar-refractivity contribution in [2.75, 3.05) is 0 Å². The van der Waals surface area contributed by atoms with E-state index >= 15 is 0 Å². The van der Waals surface area contributed by atoms with E-state index in [-0.39, 0.29) is 24.2 Å². The molecule has 0 aliphatic heterocycles. The summed E-state index contributed by atoms with van der Waals surface area (Å²) in [6, 6.07) is 10.2. The Morgan fingerprint density at radius 3 is 2.82 bits per heavy atom. The molecule has 2 atom stereocenters. The van der Waals surface area contributed by atoms with Crippen molar-refractivity contribution in [2.45, 2.75) is 24.8 Å². The Morgan fingerprint density at radius 2 is 2.18 bits per heavy atom. The van der Waals surface area contributed by atoms with Gasteiger partial charge in [-0.25, -0.2) is 0 Å². The minimum atomic E-state index is -0.205. The highest BCUT2D eigenvalue weighted by molar-refractivity contribution is 5.98. The molecule has 1 amide bonds. The Kier molecular flexibility index (Phi) is 3.27. The highest BCUT2D eigenvalue weighted by Gasteiger charge is 2.39. The number of carbonyl (C=O) groups excluding carboxylic acids is 1. The van der Waals surface area contributed by atoms with Crippen molar-refractivity contribution >= 4 is 11.7 Å². The highest BCUT2D eigenvalue weighted by Crippen LogP contribution is 2.40. The molecule has 2 unspecified atom stereocenters. The van der Waals surface area contributed by atoms with Gasteiger partial charge in [0.25, 0.3) is 0 Å². The summed E-state index contributed by atoms with van der Waals surface area (Å²) in [7, 11) is 0. The summed E-state index contributed by atoms with van der Waals surface area (Å²) >= 11 is 0. The van der Waals surface area contributed by atoms with Gasteiger partial charge in [-0.1, -0.05) is 35.5 Å². The number of amides is 1. The van der Waals surface area contributed by atoms with Crippen molar-refractivity contribution in [3.05, 3.63) is 35.9 Å². The fraction of sp³-hybridized carbons (Fsp3) is 0.333. The van der Waals surface area contributed by atoms with Crippen LogP contribution in [-0.2, 0) is 4.79 Å². The topological polar surface area (TPSA) is 87.7 Å². The van der Waals surface area contributed by atoms with Crippen LogP contribution >= 0.6 is 0 Å². The van der Waals surface area contributed by atoms with Gasteiger partial charge in [-0.3, -0.25) is 4.79 Å².